The van der Waals surface area contributed by atoms with Crippen molar-refractivity contribution in [3.63, 3.8) is 0 Å². The molecule has 1 heterocycles. The number of anilines is 1. The average Bonchev–Trinajstić information content (AvgIpc) is 2.45. The number of aromatic nitrogens is 1. The van der Waals surface area contributed by atoms with Crippen molar-refractivity contribution in [2.24, 2.45) is 0 Å². The highest BCUT2D eigenvalue weighted by Gasteiger charge is 2.14. The van der Waals surface area contributed by atoms with Crippen molar-refractivity contribution in [2.75, 3.05) is 5.73 Å². The van der Waals surface area contributed by atoms with Crippen molar-refractivity contribution in [1.29, 1.82) is 0 Å². The minimum atomic E-state index is -0.222. The van der Waals surface area contributed by atoms with E-state index < -0.39 is 0 Å². The number of nitrogen functional groups attached to an aromatic ring is 1. The van der Waals surface area contributed by atoms with Crippen molar-refractivity contribution in [3.8, 4) is 0 Å². The first kappa shape index (κ1) is 13.1. The maximum absolute atomic E-state index is 12.1. The van der Waals surface area contributed by atoms with Crippen LogP contribution in [0.15, 0.2) is 48.8 Å². The van der Waals surface area contributed by atoms with Crippen LogP contribution in [0.2, 0.25) is 0 Å². The van der Waals surface area contributed by atoms with E-state index in [1.54, 1.807) is 12.4 Å². The topological polar surface area (TPSA) is 68.0 Å². The van der Waals surface area contributed by atoms with Gasteiger partial charge in [0.05, 0.1) is 5.92 Å². The van der Waals surface area contributed by atoms with Gasteiger partial charge in [-0.05, 0) is 36.2 Å². The van der Waals surface area contributed by atoms with E-state index in [1.807, 2.05) is 43.3 Å². The monoisotopic (exact) mass is 255 g/mol. The molecule has 2 aromatic rings. The quantitative estimate of drug-likeness (QED) is 0.822. The van der Waals surface area contributed by atoms with Gasteiger partial charge in [0.2, 0.25) is 5.91 Å². The molecule has 1 atom stereocenters. The Morgan fingerprint density at radius 3 is 2.89 bits per heavy atom. The largest absolute Gasteiger partial charge is 0.399 e. The number of benzene rings is 1. The Morgan fingerprint density at radius 2 is 2.21 bits per heavy atom. The highest BCUT2D eigenvalue weighted by Crippen LogP contribution is 2.17. The van der Waals surface area contributed by atoms with Gasteiger partial charge < -0.3 is 11.1 Å². The van der Waals surface area contributed by atoms with Crippen LogP contribution in [0.25, 0.3) is 0 Å². The number of nitrogens with one attached hydrogen (secondary N) is 1. The summed E-state index contributed by atoms with van der Waals surface area (Å²) in [5, 5.41) is 2.90. The zero-order chi connectivity index (χ0) is 13.7. The third-order valence-electron chi connectivity index (χ3n) is 2.99. The number of pyridine rings is 1. The van der Waals surface area contributed by atoms with Gasteiger partial charge in [-0.25, -0.2) is 0 Å². The third kappa shape index (κ3) is 3.55. The Kier molecular flexibility index (Phi) is 4.13. The van der Waals surface area contributed by atoms with Gasteiger partial charge in [-0.15, -0.1) is 0 Å². The third-order valence-corrected chi connectivity index (χ3v) is 2.99. The van der Waals surface area contributed by atoms with Crippen LogP contribution in [0, 0.1) is 0 Å². The second-order valence-electron chi connectivity index (χ2n) is 4.47. The number of amides is 1. The van der Waals surface area contributed by atoms with Crippen LogP contribution >= 0.6 is 0 Å². The van der Waals surface area contributed by atoms with Gasteiger partial charge >= 0.3 is 0 Å². The summed E-state index contributed by atoms with van der Waals surface area (Å²) in [5.74, 6) is -0.241. The van der Waals surface area contributed by atoms with Gasteiger partial charge in [-0.1, -0.05) is 18.2 Å². The van der Waals surface area contributed by atoms with Gasteiger partial charge in [0.1, 0.15) is 0 Å². The van der Waals surface area contributed by atoms with Gasteiger partial charge in [0, 0.05) is 24.6 Å². The minimum Gasteiger partial charge on any atom is -0.399 e. The van der Waals surface area contributed by atoms with Crippen LogP contribution in [-0.2, 0) is 11.3 Å². The van der Waals surface area contributed by atoms with Gasteiger partial charge in [-0.3, -0.25) is 9.78 Å². The number of carbonyl (C=O) groups is 1. The number of nitrogens with two attached hydrogens (primary N) is 1. The van der Waals surface area contributed by atoms with Crippen LogP contribution in [0.3, 0.4) is 0 Å². The van der Waals surface area contributed by atoms with E-state index in [2.05, 4.69) is 10.3 Å². The smallest absolute Gasteiger partial charge is 0.227 e. The minimum absolute atomic E-state index is 0.0190. The van der Waals surface area contributed by atoms with Crippen molar-refractivity contribution in [2.45, 2.75) is 19.4 Å². The summed E-state index contributed by atoms with van der Waals surface area (Å²) < 4.78 is 0. The molecule has 0 aliphatic carbocycles. The molecular weight excluding hydrogens is 238 g/mol. The van der Waals surface area contributed by atoms with Crippen LogP contribution in [0.4, 0.5) is 5.69 Å². The molecule has 0 bridgehead atoms. The van der Waals surface area contributed by atoms with Crippen LogP contribution < -0.4 is 11.1 Å². The fraction of sp³-hybridized carbons (Fsp3) is 0.200. The summed E-state index contributed by atoms with van der Waals surface area (Å²) in [7, 11) is 0. The second-order valence-corrected chi connectivity index (χ2v) is 4.47. The lowest BCUT2D eigenvalue weighted by atomic mass is 10.00. The van der Waals surface area contributed by atoms with Crippen molar-refractivity contribution < 1.29 is 4.79 Å². The predicted molar refractivity (Wildman–Crippen MR) is 75.4 cm³/mol. The molecule has 0 aliphatic heterocycles. The molecule has 19 heavy (non-hydrogen) atoms. The normalized spacial score (nSPS) is 11.8. The first-order valence-electron chi connectivity index (χ1n) is 6.19. The highest BCUT2D eigenvalue weighted by molar-refractivity contribution is 5.83. The molecule has 4 heteroatoms. The molecule has 2 rings (SSSR count). The fourth-order valence-electron chi connectivity index (χ4n) is 1.82. The molecule has 0 spiro atoms. The Hall–Kier alpha value is -2.36. The Bertz CT molecular complexity index is 554. The van der Waals surface area contributed by atoms with E-state index in [9.17, 15) is 4.79 Å². The van der Waals surface area contributed by atoms with Gasteiger partial charge in [-0.2, -0.15) is 0 Å². The van der Waals surface area contributed by atoms with Gasteiger partial charge in [0.15, 0.2) is 0 Å². The van der Waals surface area contributed by atoms with E-state index >= 15 is 0 Å². The zero-order valence-electron chi connectivity index (χ0n) is 10.8. The van der Waals surface area contributed by atoms with Crippen molar-refractivity contribution in [1.82, 2.24) is 10.3 Å². The molecule has 0 aliphatic rings. The number of rotatable bonds is 4. The van der Waals surface area contributed by atoms with E-state index in [1.165, 1.54) is 0 Å². The lowest BCUT2D eigenvalue weighted by Gasteiger charge is -2.13. The number of nitrogens with zero attached hydrogens (tertiary/aromatic N) is 1. The maximum Gasteiger partial charge on any atom is 0.227 e. The first-order chi connectivity index (χ1) is 9.16. The average molecular weight is 255 g/mol. The SMILES string of the molecule is CC(C(=O)NCc1cccnc1)c1cccc(N)c1. The molecule has 0 radical (unpaired) electrons. The van der Waals surface area contributed by atoms with Crippen LogP contribution in [-0.4, -0.2) is 10.9 Å². The van der Waals surface area contributed by atoms with Crippen molar-refractivity contribution in [3.05, 3.63) is 59.9 Å². The van der Waals surface area contributed by atoms with Crippen molar-refractivity contribution >= 4 is 11.6 Å². The highest BCUT2D eigenvalue weighted by atomic mass is 16.1. The van der Waals surface area contributed by atoms with Crippen LogP contribution in [0.1, 0.15) is 24.0 Å². The fourth-order valence-corrected chi connectivity index (χ4v) is 1.82. The van der Waals surface area contributed by atoms with E-state index in [-0.39, 0.29) is 11.8 Å². The van der Waals surface area contributed by atoms with E-state index in [0.29, 0.717) is 12.2 Å². The molecule has 1 aromatic heterocycles. The summed E-state index contributed by atoms with van der Waals surface area (Å²) in [6.07, 6.45) is 3.45. The molecule has 0 saturated carbocycles. The van der Waals surface area contributed by atoms with Gasteiger partial charge in [0.25, 0.3) is 0 Å². The number of carbonyl (C=O) groups excluding carboxylic acids is 1. The summed E-state index contributed by atoms with van der Waals surface area (Å²) in [6, 6.07) is 11.2. The lowest BCUT2D eigenvalue weighted by molar-refractivity contribution is -0.122. The van der Waals surface area contributed by atoms with E-state index in [4.69, 9.17) is 5.73 Å². The van der Waals surface area contributed by atoms with E-state index in [0.717, 1.165) is 11.1 Å². The lowest BCUT2D eigenvalue weighted by Crippen LogP contribution is -2.27. The Balaban J connectivity index is 1.96. The molecule has 4 nitrogen and oxygen atoms in total. The molecule has 0 fully saturated rings. The summed E-state index contributed by atoms with van der Waals surface area (Å²) >= 11 is 0. The Labute approximate surface area is 112 Å². The summed E-state index contributed by atoms with van der Waals surface area (Å²) in [5.41, 5.74) is 8.29. The molecule has 1 unspecified atom stereocenters. The predicted octanol–water partition coefficient (Wildman–Crippen LogP) is 2.08. The standard InChI is InChI=1S/C15H17N3O/c1-11(13-5-2-6-14(16)8-13)15(19)18-10-12-4-3-7-17-9-12/h2-9,11H,10,16H2,1H3,(H,18,19). The second kappa shape index (κ2) is 6.00. The number of hydrogen-bond acceptors (Lipinski definition) is 3. The first-order valence-corrected chi connectivity index (χ1v) is 6.19. The molecule has 1 amide bonds. The maximum atomic E-state index is 12.1. The van der Waals surface area contributed by atoms with Crippen LogP contribution in [0.5, 0.6) is 0 Å². The molecule has 3 N–H and O–H groups in total. The summed E-state index contributed by atoms with van der Waals surface area (Å²) in [4.78, 5) is 16.1. The molecule has 98 valence electrons. The zero-order valence-corrected chi connectivity index (χ0v) is 10.8. The molecule has 0 saturated heterocycles. The number of hydrogen-bond donors (Lipinski definition) is 2. The molecule has 1 aromatic carbocycles. The molecular formula is C15H17N3O. The summed E-state index contributed by atoms with van der Waals surface area (Å²) in [6.45, 7) is 2.35. The Morgan fingerprint density at radius 1 is 1.37 bits per heavy atom.